The number of primary amides is 2. The molecule has 44 nitrogen and oxygen atoms in total. The normalized spacial score (nSPS) is 24.1. The van der Waals surface area contributed by atoms with Crippen LogP contribution in [-0.4, -0.2) is 323 Å². The van der Waals surface area contributed by atoms with Crippen molar-refractivity contribution in [2.45, 2.75) is 228 Å². The van der Waals surface area contributed by atoms with Gasteiger partial charge in [-0.25, -0.2) is 4.98 Å². The molecular formula is C91H128N24O20S. The van der Waals surface area contributed by atoms with E-state index in [9.17, 15) is 58.5 Å². The van der Waals surface area contributed by atoms with E-state index in [-0.39, 0.29) is 115 Å². The van der Waals surface area contributed by atoms with Gasteiger partial charge in [-0.05, 0) is 105 Å². The van der Waals surface area contributed by atoms with E-state index >= 15 is 38.4 Å². The summed E-state index contributed by atoms with van der Waals surface area (Å²) in [5, 5.41) is 70.7. The Morgan fingerprint density at radius 1 is 0.507 bits per heavy atom. The maximum atomic E-state index is 15.8. The molecule has 3 saturated heterocycles. The molecule has 136 heavy (non-hydrogen) atoms. The van der Waals surface area contributed by atoms with E-state index < -0.39 is 229 Å². The highest BCUT2D eigenvalue weighted by molar-refractivity contribution is 8.00. The van der Waals surface area contributed by atoms with Gasteiger partial charge in [0.25, 0.3) is 0 Å². The van der Waals surface area contributed by atoms with Crippen LogP contribution in [-0.2, 0) is 107 Å². The number of nitrogens with two attached hydrogens (primary N) is 3. The maximum absolute atomic E-state index is 15.8. The Morgan fingerprint density at radius 3 is 1.54 bits per heavy atom. The van der Waals surface area contributed by atoms with Gasteiger partial charge in [0.2, 0.25) is 100 Å². The van der Waals surface area contributed by atoms with E-state index in [1.807, 2.05) is 13.8 Å². The van der Waals surface area contributed by atoms with Crippen LogP contribution in [0.4, 0.5) is 0 Å². The molecule has 14 atom stereocenters. The number of aromatic amines is 3. The van der Waals surface area contributed by atoms with E-state index in [4.69, 9.17) is 22.6 Å². The number of guanidine groups is 1. The number of carbonyl (C=O) groups is 17. The van der Waals surface area contributed by atoms with E-state index in [2.05, 4.69) is 78.4 Å². The molecule has 17 amide bonds. The number of amides is 17. The average molecular weight is 1910 g/mol. The quantitative estimate of drug-likeness (QED) is 0.0139. The number of fused-ring (bicyclic) bond motifs is 4. The number of aliphatic hydroxyl groups excluding tert-OH is 2. The smallest absolute Gasteiger partial charge is 0.246 e. The van der Waals surface area contributed by atoms with Gasteiger partial charge in [0.05, 0.1) is 38.3 Å². The number of rotatable bonds is 27. The second-order valence-corrected chi connectivity index (χ2v) is 35.8. The van der Waals surface area contributed by atoms with Crippen LogP contribution in [0, 0.1) is 11.3 Å². The number of aromatic nitrogens is 4. The number of carbonyl (C=O) groups excluding carboxylic acids is 17. The molecule has 24 N–H and O–H groups in total. The van der Waals surface area contributed by atoms with Crippen LogP contribution in [0.15, 0.2) is 97.7 Å². The molecule has 3 aliphatic heterocycles. The lowest BCUT2D eigenvalue weighted by molar-refractivity contribution is -0.149. The topological polar surface area (TPSA) is 662 Å². The summed E-state index contributed by atoms with van der Waals surface area (Å²) in [5.74, 6) is -18.2. The molecule has 3 aromatic carbocycles. The van der Waals surface area contributed by atoms with Gasteiger partial charge in [0.1, 0.15) is 90.3 Å². The number of benzene rings is 3. The molecule has 3 aromatic heterocycles. The number of nitrogens with one attached hydrogen (secondary N) is 15. The van der Waals surface area contributed by atoms with Gasteiger partial charge in [0.15, 0.2) is 5.96 Å². The molecule has 0 radical (unpaired) electrons. The van der Waals surface area contributed by atoms with Crippen molar-refractivity contribution in [1.82, 2.24) is 103 Å². The van der Waals surface area contributed by atoms with Crippen LogP contribution in [0.2, 0.25) is 0 Å². The first-order chi connectivity index (χ1) is 64.9. The van der Waals surface area contributed by atoms with Crippen LogP contribution < -0.4 is 75.7 Å². The third-order valence-electron chi connectivity index (χ3n) is 24.3. The Kier molecular flexibility index (Phi) is 39.8. The third-order valence-corrected chi connectivity index (χ3v) is 25.3. The minimum Gasteiger partial charge on any atom is -0.508 e. The highest BCUT2D eigenvalue weighted by Gasteiger charge is 2.46. The Labute approximate surface area is 790 Å². The van der Waals surface area contributed by atoms with Crippen LogP contribution >= 0.6 is 11.8 Å². The summed E-state index contributed by atoms with van der Waals surface area (Å²) in [6.45, 7) is 4.09. The number of hydrogen-bond acceptors (Lipinski definition) is 23. The van der Waals surface area contributed by atoms with Gasteiger partial charge < -0.3 is 130 Å². The van der Waals surface area contributed by atoms with Crippen molar-refractivity contribution in [3.8, 4) is 5.75 Å². The number of hydrogen-bond donors (Lipinski definition) is 21. The number of likely N-dealkylation sites (N-methyl/N-ethyl adjacent to an activating group) is 3. The number of imidazole rings is 1. The molecule has 0 bridgehead atoms. The third kappa shape index (κ3) is 29.4. The minimum absolute atomic E-state index is 0.00639. The summed E-state index contributed by atoms with van der Waals surface area (Å²) in [5.41, 5.74) is 19.8. The number of aliphatic hydroxyl groups is 2. The molecule has 1 unspecified atom stereocenters. The first-order valence-corrected chi connectivity index (χ1v) is 46.8. The molecule has 3 aliphatic rings. The van der Waals surface area contributed by atoms with Crippen molar-refractivity contribution < 1.29 is 96.8 Å². The predicted molar refractivity (Wildman–Crippen MR) is 500 cm³/mol. The molecule has 0 aliphatic carbocycles. The lowest BCUT2D eigenvalue weighted by Gasteiger charge is -2.36. The zero-order valence-electron chi connectivity index (χ0n) is 77.4. The van der Waals surface area contributed by atoms with Crippen molar-refractivity contribution >= 4 is 140 Å². The maximum Gasteiger partial charge on any atom is 0.246 e. The van der Waals surface area contributed by atoms with Crippen LogP contribution in [0.25, 0.3) is 21.8 Å². The number of aromatic hydroxyl groups is 1. The van der Waals surface area contributed by atoms with Crippen molar-refractivity contribution in [1.29, 1.82) is 5.41 Å². The Balaban J connectivity index is 1.10. The monoisotopic (exact) mass is 1910 g/mol. The molecule has 6 aromatic rings. The second kappa shape index (κ2) is 51.1. The molecule has 45 heteroatoms. The number of phenols is 1. The van der Waals surface area contributed by atoms with Crippen molar-refractivity contribution in [3.63, 3.8) is 0 Å². The van der Waals surface area contributed by atoms with Gasteiger partial charge in [-0.1, -0.05) is 102 Å². The van der Waals surface area contributed by atoms with E-state index in [1.54, 1.807) is 74.8 Å². The largest absolute Gasteiger partial charge is 0.508 e. The number of H-pyrrole nitrogens is 3. The zero-order valence-corrected chi connectivity index (χ0v) is 78.2. The summed E-state index contributed by atoms with van der Waals surface area (Å²) in [6, 6.07) is -2.38. The van der Waals surface area contributed by atoms with Crippen LogP contribution in [0.1, 0.15) is 140 Å². The van der Waals surface area contributed by atoms with Gasteiger partial charge in [-0.15, -0.1) is 11.8 Å². The number of thioether (sulfide) groups is 1. The number of para-hydroxylation sites is 2. The molecule has 738 valence electrons. The second-order valence-electron chi connectivity index (χ2n) is 34.8. The predicted octanol–water partition coefficient (Wildman–Crippen LogP) is -2.93. The van der Waals surface area contributed by atoms with Crippen molar-refractivity contribution in [3.05, 3.63) is 120 Å². The molecule has 9 rings (SSSR count). The number of unbranched alkanes of at least 4 members (excludes halogenated alkanes) is 2. The summed E-state index contributed by atoms with van der Waals surface area (Å²) < 4.78 is 0. The first-order valence-electron chi connectivity index (χ1n) is 45.6. The average Bonchev–Trinajstić information content (AvgIpc) is 1.48. The van der Waals surface area contributed by atoms with E-state index in [1.165, 1.54) is 55.8 Å². The number of nitrogens with zero attached hydrogens (tertiary/aromatic N) is 6. The Bertz CT molecular complexity index is 5230. The molecule has 6 heterocycles. The fourth-order valence-corrected chi connectivity index (χ4v) is 17.8. The summed E-state index contributed by atoms with van der Waals surface area (Å²) >= 11 is 0.731. The highest BCUT2D eigenvalue weighted by Crippen LogP contribution is 2.28. The first kappa shape index (κ1) is 106. The van der Waals surface area contributed by atoms with Gasteiger partial charge in [0, 0.05) is 118 Å². The summed E-state index contributed by atoms with van der Waals surface area (Å²) in [4.78, 5) is 270. The van der Waals surface area contributed by atoms with Crippen LogP contribution in [0.5, 0.6) is 5.75 Å². The lowest BCUT2D eigenvalue weighted by Crippen LogP contribution is -2.62. The fourth-order valence-electron chi connectivity index (χ4n) is 16.9. The van der Waals surface area contributed by atoms with Crippen molar-refractivity contribution in [2.75, 3.05) is 72.0 Å². The summed E-state index contributed by atoms with van der Waals surface area (Å²) in [6.07, 6.45) is 5.77. The Hall–Kier alpha value is -13.7. The van der Waals surface area contributed by atoms with Gasteiger partial charge in [-0.3, -0.25) is 86.9 Å². The summed E-state index contributed by atoms with van der Waals surface area (Å²) in [7, 11) is 3.79. The van der Waals surface area contributed by atoms with E-state index in [0.717, 1.165) is 38.4 Å². The molecule has 0 saturated carbocycles. The van der Waals surface area contributed by atoms with E-state index in [0.29, 0.717) is 69.9 Å². The molecule has 3 fully saturated rings. The standard InChI is InChI=1S/C91H128N24O20S/c1-8-10-24-69-82(127)103-60(23-16-32-97-91(94)95)78(123)110-68(77(122)100-44-75(93)120)47-136-48-76(121)102-64(36-51-28-30-55(118)31-29-51)86(131)113(7)73(46-117)85(130)108-66(40-74(92)119)89(134)115-34-18-27-71(115)84(129)105-62(39-54-43-96-49-101-54)80(125)106-63(35-50(3)4)88(133)114-33-17-26-70(114)83(128)104-61(37-52-41-98-58-21-14-12-19-56(52)58)79(124)109-67(45-116)81(126)107-65(38-53-42-99-59-22-15-13-20-57(53)59)87(132)112(6)72(25-11-9-2)90(135)111(69)5/h12-15,19-22,28-31,41-43,49-50,60-73,98-99,116-118H,8-11,16-18,23-27,32-40,44-48H2,1-7H3,(H2,92,119)(H2,93,120)(H,96,101)(H,100,122)(H,102,121)(H,103,127)(H,104,128)(H,105,129)(H,106,125)(H,107,126)(H,108,130)(H,109,124)(H,110,123)(H4,94,95,97)/t60-,61-,62-,63-,64-,65-,66-,67-,68?,69-,70-,71-,72-,73-/m0/s1. The molecular weight excluding hydrogens is 1780 g/mol. The minimum atomic E-state index is -1.90. The van der Waals surface area contributed by atoms with Crippen LogP contribution in [0.3, 0.4) is 0 Å². The van der Waals surface area contributed by atoms with Gasteiger partial charge in [-0.2, -0.15) is 0 Å². The lowest BCUT2D eigenvalue weighted by atomic mass is 10.00. The van der Waals surface area contributed by atoms with Crippen molar-refractivity contribution in [2.24, 2.45) is 23.1 Å². The number of phenolic OH excluding ortho intramolecular Hbond substituents is 1. The zero-order chi connectivity index (χ0) is 99.1. The molecule has 0 spiro atoms. The van der Waals surface area contributed by atoms with Gasteiger partial charge >= 0.3 is 0 Å². The Morgan fingerprint density at radius 2 is 1.00 bits per heavy atom. The fraction of sp³-hybridized carbons (Fsp3) is 0.527. The SMILES string of the molecule is CCCC[C@H]1C(=O)N(C)[C@@H](CCCC)C(=O)N[C@@H](CCCNC(=N)N)C(=O)NC(C(=O)NCC(N)=O)CSCC(=O)N[C@@H](Cc2ccc(O)cc2)C(=O)N(C)[C@@H](CO)C(=O)N[C@@H](CC(N)=O)C(=O)N2CCC[C@H]2C(=O)N[C@@H](Cc2cnc[nH]2)C(=O)N[C@@H](CC(C)C)C(=O)N2CCC[C@H]2C(=O)N[C@@H](Cc2c[nH]c3ccccc23)C(=O)N[C@@H](CO)C(=O)N[C@@H](Cc2c[nH]c3ccccc23)C(=O)N1C. The highest BCUT2D eigenvalue weighted by atomic mass is 32.2.